The SMILES string of the molecule is CCC(=O)c1cccc(CC(=O)CCCC(C)[C@@H](C)C2=C(C)C[C@H](CC)CC2C)c1F. The van der Waals surface area contributed by atoms with Crippen molar-refractivity contribution in [3.8, 4) is 0 Å². The second kappa shape index (κ2) is 11.7. The molecule has 1 aromatic rings. The lowest BCUT2D eigenvalue weighted by Crippen LogP contribution is -2.24. The molecule has 0 amide bonds. The van der Waals surface area contributed by atoms with E-state index in [1.165, 1.54) is 25.3 Å². The van der Waals surface area contributed by atoms with Crippen molar-refractivity contribution in [1.82, 2.24) is 0 Å². The van der Waals surface area contributed by atoms with Crippen molar-refractivity contribution in [2.45, 2.75) is 92.9 Å². The molecule has 0 heterocycles. The summed E-state index contributed by atoms with van der Waals surface area (Å²) in [4.78, 5) is 24.3. The Labute approximate surface area is 188 Å². The van der Waals surface area contributed by atoms with Crippen molar-refractivity contribution in [3.63, 3.8) is 0 Å². The predicted octanol–water partition coefficient (Wildman–Crippen LogP) is 7.75. The monoisotopic (exact) mass is 428 g/mol. The van der Waals surface area contributed by atoms with Crippen molar-refractivity contribution < 1.29 is 14.0 Å². The summed E-state index contributed by atoms with van der Waals surface area (Å²) in [5, 5.41) is 0. The Morgan fingerprint density at radius 3 is 2.52 bits per heavy atom. The van der Waals surface area contributed by atoms with Gasteiger partial charge in [0.25, 0.3) is 0 Å². The highest BCUT2D eigenvalue weighted by molar-refractivity contribution is 5.96. The van der Waals surface area contributed by atoms with Crippen LogP contribution in [0.4, 0.5) is 4.39 Å². The second-order valence-electron chi connectivity index (χ2n) is 9.78. The zero-order valence-electron chi connectivity index (χ0n) is 20.4. The molecule has 0 N–H and O–H groups in total. The quantitative estimate of drug-likeness (QED) is 0.267. The third-order valence-electron chi connectivity index (χ3n) is 7.43. The number of carbonyl (C=O) groups is 2. The molecule has 0 bridgehead atoms. The topological polar surface area (TPSA) is 34.1 Å². The van der Waals surface area contributed by atoms with Gasteiger partial charge in [0.2, 0.25) is 0 Å². The lowest BCUT2D eigenvalue weighted by atomic mass is 9.70. The summed E-state index contributed by atoms with van der Waals surface area (Å²) < 4.78 is 14.6. The normalized spacial score (nSPS) is 21.1. The fourth-order valence-electron chi connectivity index (χ4n) is 5.43. The van der Waals surface area contributed by atoms with Gasteiger partial charge in [0, 0.05) is 19.3 Å². The van der Waals surface area contributed by atoms with Crippen molar-refractivity contribution in [3.05, 3.63) is 46.3 Å². The fraction of sp³-hybridized carbons (Fsp3) is 0.643. The molecule has 3 heteroatoms. The van der Waals surface area contributed by atoms with Gasteiger partial charge in [-0.15, -0.1) is 0 Å². The fourth-order valence-corrected chi connectivity index (χ4v) is 5.43. The highest BCUT2D eigenvalue weighted by Gasteiger charge is 2.29. The first-order valence-corrected chi connectivity index (χ1v) is 12.2. The number of ketones is 2. The molecule has 0 fully saturated rings. The van der Waals surface area contributed by atoms with Gasteiger partial charge in [-0.1, -0.05) is 64.3 Å². The van der Waals surface area contributed by atoms with E-state index in [1.807, 2.05) is 0 Å². The molecule has 4 atom stereocenters. The first kappa shape index (κ1) is 25.5. The van der Waals surface area contributed by atoms with Crippen LogP contribution in [-0.4, -0.2) is 11.6 Å². The minimum absolute atomic E-state index is 0.0482. The van der Waals surface area contributed by atoms with Crippen molar-refractivity contribution in [1.29, 1.82) is 0 Å². The zero-order valence-corrected chi connectivity index (χ0v) is 20.4. The molecule has 2 rings (SSSR count). The van der Waals surface area contributed by atoms with Crippen LogP contribution in [0.3, 0.4) is 0 Å². The number of allylic oxidation sites excluding steroid dienone is 2. The van der Waals surface area contributed by atoms with E-state index in [1.54, 1.807) is 30.2 Å². The highest BCUT2D eigenvalue weighted by Crippen LogP contribution is 2.41. The average Bonchev–Trinajstić information content (AvgIpc) is 2.73. The summed E-state index contributed by atoms with van der Waals surface area (Å²) in [6, 6.07) is 4.79. The van der Waals surface area contributed by atoms with E-state index in [2.05, 4.69) is 34.6 Å². The molecule has 0 saturated heterocycles. The van der Waals surface area contributed by atoms with E-state index in [0.29, 0.717) is 29.7 Å². The van der Waals surface area contributed by atoms with Crippen LogP contribution < -0.4 is 0 Å². The number of hydrogen-bond donors (Lipinski definition) is 0. The van der Waals surface area contributed by atoms with Gasteiger partial charge in [-0.25, -0.2) is 4.39 Å². The third-order valence-corrected chi connectivity index (χ3v) is 7.43. The smallest absolute Gasteiger partial charge is 0.165 e. The Kier molecular flexibility index (Phi) is 9.65. The minimum Gasteiger partial charge on any atom is -0.299 e. The summed E-state index contributed by atoms with van der Waals surface area (Å²) in [5.41, 5.74) is 3.67. The number of hydrogen-bond acceptors (Lipinski definition) is 2. The molecule has 172 valence electrons. The summed E-state index contributed by atoms with van der Waals surface area (Å²) in [5.74, 6) is 1.85. The van der Waals surface area contributed by atoms with Gasteiger partial charge in [-0.05, 0) is 67.9 Å². The third kappa shape index (κ3) is 6.60. The van der Waals surface area contributed by atoms with E-state index in [9.17, 15) is 14.0 Å². The average molecular weight is 429 g/mol. The van der Waals surface area contributed by atoms with Gasteiger partial charge in [-0.2, -0.15) is 0 Å². The Morgan fingerprint density at radius 1 is 1.19 bits per heavy atom. The standard InChI is InChI=1S/C28H41FO2/c1-7-22-15-19(4)27(20(5)16-22)21(6)18(3)11-9-13-24(30)17-23-12-10-14-25(28(23)29)26(31)8-2/h10,12,14,18-19,21-22H,7-9,11,13,15-17H2,1-6H3/t18?,19?,21-,22-/m1/s1. The number of rotatable bonds is 11. The van der Waals surface area contributed by atoms with Crippen LogP contribution in [0.5, 0.6) is 0 Å². The van der Waals surface area contributed by atoms with Crippen LogP contribution >= 0.6 is 0 Å². The van der Waals surface area contributed by atoms with Crippen molar-refractivity contribution in [2.24, 2.45) is 23.7 Å². The summed E-state index contributed by atoms with van der Waals surface area (Å²) >= 11 is 0. The molecule has 1 aliphatic carbocycles. The molecule has 0 spiro atoms. The molecule has 0 aromatic heterocycles. The summed E-state index contributed by atoms with van der Waals surface area (Å²) in [6.07, 6.45) is 6.42. The predicted molar refractivity (Wildman–Crippen MR) is 127 cm³/mol. The van der Waals surface area contributed by atoms with Crippen LogP contribution in [0.25, 0.3) is 0 Å². The van der Waals surface area contributed by atoms with Crippen LogP contribution in [0, 0.1) is 29.5 Å². The van der Waals surface area contributed by atoms with Crippen LogP contribution in [0.2, 0.25) is 0 Å². The molecule has 1 aliphatic rings. The van der Waals surface area contributed by atoms with E-state index >= 15 is 0 Å². The lowest BCUT2D eigenvalue weighted by Gasteiger charge is -2.36. The van der Waals surface area contributed by atoms with Gasteiger partial charge in [0.1, 0.15) is 11.6 Å². The van der Waals surface area contributed by atoms with E-state index < -0.39 is 5.82 Å². The van der Waals surface area contributed by atoms with Gasteiger partial charge in [-0.3, -0.25) is 9.59 Å². The van der Waals surface area contributed by atoms with Crippen molar-refractivity contribution >= 4 is 11.6 Å². The van der Waals surface area contributed by atoms with E-state index in [-0.39, 0.29) is 30.0 Å². The van der Waals surface area contributed by atoms with Crippen LogP contribution in [0.15, 0.2) is 29.3 Å². The molecular weight excluding hydrogens is 387 g/mol. The highest BCUT2D eigenvalue weighted by atomic mass is 19.1. The van der Waals surface area contributed by atoms with E-state index in [0.717, 1.165) is 18.8 Å². The Bertz CT molecular complexity index is 807. The van der Waals surface area contributed by atoms with Crippen LogP contribution in [0.1, 0.15) is 102 Å². The molecular formula is C28H41FO2. The molecule has 0 aliphatic heterocycles. The molecule has 2 nitrogen and oxygen atoms in total. The first-order chi connectivity index (χ1) is 14.7. The summed E-state index contributed by atoms with van der Waals surface area (Å²) in [7, 11) is 0. The molecule has 0 saturated carbocycles. The Balaban J connectivity index is 1.89. The number of halogens is 1. The Hall–Kier alpha value is -1.77. The van der Waals surface area contributed by atoms with Gasteiger partial charge < -0.3 is 0 Å². The van der Waals surface area contributed by atoms with Gasteiger partial charge in [0.15, 0.2) is 5.78 Å². The molecule has 2 unspecified atom stereocenters. The largest absolute Gasteiger partial charge is 0.299 e. The number of benzene rings is 1. The minimum atomic E-state index is -0.524. The maximum absolute atomic E-state index is 14.6. The van der Waals surface area contributed by atoms with E-state index in [4.69, 9.17) is 0 Å². The van der Waals surface area contributed by atoms with Gasteiger partial charge in [0.05, 0.1) is 5.56 Å². The van der Waals surface area contributed by atoms with Crippen LogP contribution in [-0.2, 0) is 11.2 Å². The molecule has 31 heavy (non-hydrogen) atoms. The summed E-state index contributed by atoms with van der Waals surface area (Å²) in [6.45, 7) is 13.3. The van der Waals surface area contributed by atoms with Gasteiger partial charge >= 0.3 is 0 Å². The maximum atomic E-state index is 14.6. The number of Topliss-reactive ketones (excluding diaryl/α,β-unsaturated/α-hetero) is 2. The van der Waals surface area contributed by atoms with Crippen molar-refractivity contribution in [2.75, 3.05) is 0 Å². The zero-order chi connectivity index (χ0) is 23.1. The number of carbonyl (C=O) groups excluding carboxylic acids is 2. The second-order valence-corrected chi connectivity index (χ2v) is 9.78. The maximum Gasteiger partial charge on any atom is 0.165 e. The first-order valence-electron chi connectivity index (χ1n) is 12.2. The molecule has 0 radical (unpaired) electrons. The molecule has 1 aromatic carbocycles. The lowest BCUT2D eigenvalue weighted by molar-refractivity contribution is -0.118. The Morgan fingerprint density at radius 2 is 1.90 bits per heavy atom.